The maximum atomic E-state index is 12.2. The van der Waals surface area contributed by atoms with Crippen molar-refractivity contribution in [1.29, 1.82) is 0 Å². The van der Waals surface area contributed by atoms with Crippen molar-refractivity contribution in [3.63, 3.8) is 0 Å². The number of aliphatic hydroxyl groups excluding tert-OH is 3. The third-order valence-electron chi connectivity index (χ3n) is 4.54. The van der Waals surface area contributed by atoms with Gasteiger partial charge in [0.2, 0.25) is 0 Å². The van der Waals surface area contributed by atoms with Crippen molar-refractivity contribution in [3.8, 4) is 11.5 Å². The number of nitrogens with one attached hydrogen (secondary N) is 1. The highest BCUT2D eigenvalue weighted by molar-refractivity contribution is 7.46. The van der Waals surface area contributed by atoms with Crippen molar-refractivity contribution in [1.82, 2.24) is 19.5 Å². The number of aliphatic hydroxyl groups is 3. The quantitative estimate of drug-likeness (QED) is 0.192. The van der Waals surface area contributed by atoms with E-state index in [9.17, 15) is 29.5 Å². The van der Waals surface area contributed by atoms with E-state index >= 15 is 0 Å². The van der Waals surface area contributed by atoms with Gasteiger partial charge in [-0.15, -0.1) is 0 Å². The lowest BCUT2D eigenvalue weighted by molar-refractivity contribution is -0.101. The van der Waals surface area contributed by atoms with Gasteiger partial charge >= 0.3 is 13.5 Å². The molecule has 0 unspecified atom stereocenters. The van der Waals surface area contributed by atoms with Crippen LogP contribution in [-0.2, 0) is 9.09 Å². The number of aryl methyl sites for hydroxylation is 2. The van der Waals surface area contributed by atoms with Crippen LogP contribution in [0.25, 0.3) is 22.6 Å². The van der Waals surface area contributed by atoms with Gasteiger partial charge in [-0.1, -0.05) is 0 Å². The molecule has 0 amide bonds. The number of H-pyrrole nitrogens is 1. The molecule has 2 aliphatic heterocycles. The number of fused-ring (bicyclic) bond motifs is 2. The van der Waals surface area contributed by atoms with Crippen LogP contribution < -0.4 is 11.2 Å². The number of rotatable bonds is 6. The molecule has 0 spiro atoms. The maximum absolute atomic E-state index is 12.2. The number of hydrogen-bond donors (Lipinski definition) is 6. The molecule has 6 N–H and O–H groups in total. The van der Waals surface area contributed by atoms with Gasteiger partial charge in [0.1, 0.15) is 12.2 Å². The minimum atomic E-state index is -4.93. The van der Waals surface area contributed by atoms with Crippen LogP contribution in [-0.4, -0.2) is 63.4 Å². The molecule has 3 atom stereocenters. The highest BCUT2D eigenvalue weighted by Crippen LogP contribution is 2.36. The highest BCUT2D eigenvalue weighted by Gasteiger charge is 2.32. The van der Waals surface area contributed by atoms with Crippen LogP contribution >= 0.6 is 7.82 Å². The Morgan fingerprint density at radius 2 is 1.77 bits per heavy atom. The second kappa shape index (κ2) is 7.96. The van der Waals surface area contributed by atoms with E-state index in [-0.39, 0.29) is 22.6 Å². The molecule has 13 nitrogen and oxygen atoms in total. The van der Waals surface area contributed by atoms with Crippen molar-refractivity contribution in [3.05, 3.63) is 44.1 Å². The van der Waals surface area contributed by atoms with Gasteiger partial charge in [-0.05, 0) is 37.1 Å². The highest BCUT2D eigenvalue weighted by atomic mass is 31.2. The number of aromatic amines is 1. The second-order valence-electron chi connectivity index (χ2n) is 6.71. The summed E-state index contributed by atoms with van der Waals surface area (Å²) < 4.78 is 15.9. The Kier molecular flexibility index (Phi) is 5.89. The molecule has 0 bridgehead atoms. The van der Waals surface area contributed by atoms with E-state index in [1.807, 2.05) is 4.98 Å². The molecule has 3 rings (SSSR count). The topological polar surface area (TPSA) is 208 Å². The van der Waals surface area contributed by atoms with Crippen molar-refractivity contribution < 1.29 is 34.2 Å². The Labute approximate surface area is 167 Å². The van der Waals surface area contributed by atoms with Gasteiger partial charge in [0.05, 0.1) is 17.6 Å². The average Bonchev–Trinajstić information content (AvgIpc) is 2.64. The number of aromatic nitrogens is 4. The molecule has 0 saturated heterocycles. The van der Waals surface area contributed by atoms with Gasteiger partial charge < -0.3 is 25.1 Å². The zero-order valence-corrected chi connectivity index (χ0v) is 16.6. The first-order valence-electron chi connectivity index (χ1n) is 8.57. The molecule has 2 heterocycles. The van der Waals surface area contributed by atoms with E-state index in [1.165, 1.54) is 0 Å². The Hall–Kier alpha value is -2.51. The number of phosphoric acid groups is 1. The zero-order valence-electron chi connectivity index (χ0n) is 15.8. The Bertz CT molecular complexity index is 1230. The average molecular weight is 442 g/mol. The molecule has 0 saturated carbocycles. The van der Waals surface area contributed by atoms with Gasteiger partial charge in [0.25, 0.3) is 5.56 Å². The molecule has 30 heavy (non-hydrogen) atoms. The fourth-order valence-corrected chi connectivity index (χ4v) is 3.24. The molecule has 0 fully saturated rings. The van der Waals surface area contributed by atoms with Crippen LogP contribution in [0.15, 0.2) is 21.7 Å². The summed E-state index contributed by atoms with van der Waals surface area (Å²) in [4.78, 5) is 51.3. The van der Waals surface area contributed by atoms with Crippen molar-refractivity contribution in [2.75, 3.05) is 6.61 Å². The van der Waals surface area contributed by atoms with Crippen LogP contribution in [0, 0.1) is 13.8 Å². The van der Waals surface area contributed by atoms with Crippen molar-refractivity contribution >= 4 is 18.9 Å². The summed E-state index contributed by atoms with van der Waals surface area (Å²) in [6, 6.07) is 3.20. The number of hydrogen-bond acceptors (Lipinski definition) is 9. The van der Waals surface area contributed by atoms with Crippen LogP contribution in [0.2, 0.25) is 0 Å². The number of phosphoric ester groups is 1. The van der Waals surface area contributed by atoms with Crippen LogP contribution in [0.5, 0.6) is 0 Å². The molecule has 0 radical (unpaired) electrons. The Morgan fingerprint density at radius 1 is 1.13 bits per heavy atom. The van der Waals surface area contributed by atoms with Crippen LogP contribution in [0.1, 0.15) is 17.4 Å². The standard InChI is InChI=1S/C16H19N4O9P/c1-6-3-8-9(4-7(6)2)20(13-11(17-8)14(23)19-16(25)18-13)15(24)12(22)10(21)5-29-30(26,27)28/h3-4,10,12,15,21-22,24H,5H2,1-2H3,(H,19,23,25)(H2,26,27,28)/t10-,12-,15-/m1/s1. The summed E-state index contributed by atoms with van der Waals surface area (Å²) >= 11 is 0. The van der Waals surface area contributed by atoms with E-state index in [4.69, 9.17) is 9.79 Å². The molecule has 1 aromatic carbocycles. The molecule has 162 valence electrons. The fraction of sp³-hybridized carbons (Fsp3) is 0.375. The van der Waals surface area contributed by atoms with Gasteiger partial charge in [-0.2, -0.15) is 4.98 Å². The van der Waals surface area contributed by atoms with E-state index in [2.05, 4.69) is 14.5 Å². The summed E-state index contributed by atoms with van der Waals surface area (Å²) in [6.07, 6.45) is -5.95. The smallest absolute Gasteiger partial charge is 0.388 e. The van der Waals surface area contributed by atoms with Gasteiger partial charge in [0, 0.05) is 0 Å². The number of benzene rings is 1. The molecular weight excluding hydrogens is 423 g/mol. The minimum Gasteiger partial charge on any atom is -0.388 e. The summed E-state index contributed by atoms with van der Waals surface area (Å²) in [5.74, 6) is -0.353. The second-order valence-corrected chi connectivity index (χ2v) is 7.95. The van der Waals surface area contributed by atoms with E-state index in [0.717, 1.165) is 15.7 Å². The first-order chi connectivity index (χ1) is 13.9. The lowest BCUT2D eigenvalue weighted by Crippen LogP contribution is -2.40. The predicted octanol–water partition coefficient (Wildman–Crippen LogP) is -1.48. The first-order valence-corrected chi connectivity index (χ1v) is 10.1. The first kappa shape index (κ1) is 22.2. The largest absolute Gasteiger partial charge is 0.469 e. The van der Waals surface area contributed by atoms with Gasteiger partial charge in [-0.25, -0.2) is 14.3 Å². The molecule has 14 heteroatoms. The molecule has 0 aliphatic carbocycles. The summed E-state index contributed by atoms with van der Waals surface area (Å²) in [5.41, 5.74) is -0.171. The normalized spacial score (nSPS) is 15.4. The SMILES string of the molecule is Cc1cc2nc3c(=O)[nH]c(=O)nc-3n([C@H](O)[C@H](O)[C@H](O)COP(=O)(O)O)c2cc1C. The van der Waals surface area contributed by atoms with E-state index in [1.54, 1.807) is 26.0 Å². The lowest BCUT2D eigenvalue weighted by atomic mass is 10.1. The third-order valence-corrected chi connectivity index (χ3v) is 5.03. The predicted molar refractivity (Wildman–Crippen MR) is 102 cm³/mol. The van der Waals surface area contributed by atoms with Crippen LogP contribution in [0.4, 0.5) is 0 Å². The Morgan fingerprint density at radius 3 is 2.40 bits per heavy atom. The van der Waals surface area contributed by atoms with Crippen molar-refractivity contribution in [2.24, 2.45) is 0 Å². The maximum Gasteiger partial charge on any atom is 0.469 e. The van der Waals surface area contributed by atoms with E-state index in [0.29, 0.717) is 0 Å². The molecule has 1 aromatic rings. The summed E-state index contributed by atoms with van der Waals surface area (Å²) in [5, 5.41) is 31.1. The molecule has 0 aromatic heterocycles. The molecule has 2 aliphatic rings. The minimum absolute atomic E-state index is 0.192. The van der Waals surface area contributed by atoms with Crippen LogP contribution in [0.3, 0.4) is 0 Å². The van der Waals surface area contributed by atoms with E-state index < -0.39 is 44.1 Å². The Balaban J connectivity index is 2.21. The lowest BCUT2D eigenvalue weighted by Gasteiger charge is -2.28. The van der Waals surface area contributed by atoms with Gasteiger partial charge in [-0.3, -0.25) is 18.9 Å². The van der Waals surface area contributed by atoms with Gasteiger partial charge in [0.15, 0.2) is 17.7 Å². The number of nitrogens with zero attached hydrogens (tertiary/aromatic N) is 3. The monoisotopic (exact) mass is 442 g/mol. The fourth-order valence-electron chi connectivity index (χ4n) is 2.90. The zero-order chi connectivity index (χ0) is 22.4. The van der Waals surface area contributed by atoms with Crippen molar-refractivity contribution in [2.45, 2.75) is 32.3 Å². The molecular formula is C16H19N4O9P. The summed E-state index contributed by atoms with van der Waals surface area (Å²) in [6.45, 7) is 2.56. The summed E-state index contributed by atoms with van der Waals surface area (Å²) in [7, 11) is -4.93. The third kappa shape index (κ3) is 4.32.